The molecule has 6 aromatic heterocycles. The molecule has 32 nitrogen and oxygen atoms in total. The third-order valence-corrected chi connectivity index (χ3v) is 18.7. The minimum Gasteiger partial charge on any atom is -0.505 e. The van der Waals surface area contributed by atoms with Gasteiger partial charge in [0.2, 0.25) is 35.3 Å². The lowest BCUT2D eigenvalue weighted by atomic mass is 10.2. The second kappa shape index (κ2) is 32.2. The van der Waals surface area contributed by atoms with Gasteiger partial charge in [-0.05, 0) is 80.4 Å². The van der Waals surface area contributed by atoms with Crippen molar-refractivity contribution in [1.82, 2.24) is 67.9 Å². The Morgan fingerprint density at radius 2 is 0.896 bits per heavy atom. The van der Waals surface area contributed by atoms with E-state index in [1.54, 1.807) is 44.9 Å². The minimum absolute atomic E-state index is 0.0346. The van der Waals surface area contributed by atoms with Crippen LogP contribution in [0.1, 0.15) is 64.3 Å². The van der Waals surface area contributed by atoms with Crippen LogP contribution in [0, 0.1) is 0 Å². The van der Waals surface area contributed by atoms with Crippen molar-refractivity contribution >= 4 is 105 Å². The number of carbonyl (C=O) groups excluding carboxylic acids is 5. The van der Waals surface area contributed by atoms with E-state index in [2.05, 4.69) is 35.8 Å². The fourth-order valence-corrected chi connectivity index (χ4v) is 13.3. The van der Waals surface area contributed by atoms with Crippen molar-refractivity contribution < 1.29 is 75.2 Å². The summed E-state index contributed by atoms with van der Waals surface area (Å²) in [5.41, 5.74) is -1.86. The molecule has 0 spiro atoms. The van der Waals surface area contributed by atoms with Crippen LogP contribution in [0.15, 0.2) is 82.6 Å². The van der Waals surface area contributed by atoms with E-state index in [0.29, 0.717) is 69.8 Å². The normalized spacial score (nSPS) is 15.6. The van der Waals surface area contributed by atoms with Crippen molar-refractivity contribution in [2.45, 2.75) is 59.1 Å². The number of hydrogen-bond acceptors (Lipinski definition) is 23. The van der Waals surface area contributed by atoms with Gasteiger partial charge in [-0.2, -0.15) is 45.3 Å². The number of alkyl halides is 6. The molecule has 4 aliphatic heterocycles. The maximum absolute atomic E-state index is 14.3. The molecule has 0 saturated carbocycles. The summed E-state index contributed by atoms with van der Waals surface area (Å²) in [6, 6.07) is 10.9. The summed E-state index contributed by atoms with van der Waals surface area (Å²) in [6.07, 6.45) is -5.92. The van der Waals surface area contributed by atoms with Crippen LogP contribution in [0.5, 0.6) is 11.5 Å². The molecule has 4 aliphatic rings. The molecule has 0 radical (unpaired) electrons. The van der Waals surface area contributed by atoms with E-state index in [-0.39, 0.29) is 170 Å². The van der Waals surface area contributed by atoms with Gasteiger partial charge in [0.1, 0.15) is 36.0 Å². The number of piperazine rings is 4. The van der Waals surface area contributed by atoms with Crippen LogP contribution >= 0.6 is 23.2 Å². The van der Waals surface area contributed by atoms with Crippen LogP contribution in [0.4, 0.5) is 61.0 Å². The Balaban J connectivity index is 0.000000212. The highest BCUT2D eigenvalue weighted by molar-refractivity contribution is 6.34. The van der Waals surface area contributed by atoms with Crippen molar-refractivity contribution in [3.05, 3.63) is 138 Å². The van der Waals surface area contributed by atoms with Gasteiger partial charge in [0.25, 0.3) is 22.9 Å². The molecule has 10 heterocycles. The summed E-state index contributed by atoms with van der Waals surface area (Å²) in [6.45, 7) is 9.89. The zero-order valence-corrected chi connectivity index (χ0v) is 58.8. The number of nitrogens with zero attached hydrogens (tertiary/aromatic N) is 18. The Kier molecular flexibility index (Phi) is 23.2. The number of aromatic hydroxyl groups is 2. The molecule has 2 aromatic carbocycles. The molecule has 0 aliphatic carbocycles. The second-order valence-corrected chi connectivity index (χ2v) is 25.6. The Bertz CT molecular complexity index is 4770. The number of carboxylic acid groups (broad SMARTS) is 1. The zero-order chi connectivity index (χ0) is 76.1. The summed E-state index contributed by atoms with van der Waals surface area (Å²) in [5.74, 6) is -3.49. The lowest BCUT2D eigenvalue weighted by molar-refractivity contribution is -0.144. The fourth-order valence-electron chi connectivity index (χ4n) is 12.8. The first-order chi connectivity index (χ1) is 50.5. The number of aromatic nitrogens is 10. The lowest BCUT2D eigenvalue weighted by Gasteiger charge is -2.36. The predicted octanol–water partition coefficient (Wildman–Crippen LogP) is 4.55. The van der Waals surface area contributed by atoms with E-state index >= 15 is 0 Å². The molecule has 40 heteroatoms. The first-order valence-electron chi connectivity index (χ1n) is 33.6. The van der Waals surface area contributed by atoms with Crippen molar-refractivity contribution in [2.24, 2.45) is 0 Å². The Morgan fingerprint density at radius 1 is 0.519 bits per heavy atom. The van der Waals surface area contributed by atoms with Gasteiger partial charge in [0.15, 0.2) is 11.4 Å². The van der Waals surface area contributed by atoms with Crippen LogP contribution in [-0.2, 0) is 62.2 Å². The molecule has 5 N–H and O–H groups in total. The fraction of sp³-hybridized carbons (Fsp3) is 0.424. The number of aliphatic carboxylic acids is 1. The highest BCUT2D eigenvalue weighted by atomic mass is 35.5. The quantitative estimate of drug-likeness (QED) is 0.0547. The van der Waals surface area contributed by atoms with Gasteiger partial charge in [-0.3, -0.25) is 48.2 Å². The molecular formula is C66H72Cl2F6N20O12. The molecule has 8 aromatic rings. The summed E-state index contributed by atoms with van der Waals surface area (Å²) in [5, 5.41) is 43.1. The first-order valence-corrected chi connectivity index (χ1v) is 34.4. The van der Waals surface area contributed by atoms with Crippen molar-refractivity contribution in [2.75, 3.05) is 155 Å². The summed E-state index contributed by atoms with van der Waals surface area (Å²) < 4.78 is 89.7. The predicted molar refractivity (Wildman–Crippen MR) is 373 cm³/mol. The third kappa shape index (κ3) is 16.9. The number of rotatable bonds is 19. The van der Waals surface area contributed by atoms with Crippen LogP contribution in [-0.4, -0.2) is 243 Å². The summed E-state index contributed by atoms with van der Waals surface area (Å²) in [7, 11) is 0. The van der Waals surface area contributed by atoms with E-state index in [1.165, 1.54) is 51.0 Å². The molecule has 106 heavy (non-hydrogen) atoms. The lowest BCUT2D eigenvalue weighted by Crippen LogP contribution is -2.51. The number of ether oxygens (including phenoxy) is 1. The zero-order valence-electron chi connectivity index (χ0n) is 57.3. The maximum Gasteiger partial charge on any atom is 0.416 e. The molecule has 564 valence electrons. The average molecular weight is 1520 g/mol. The Labute approximate surface area is 608 Å². The van der Waals surface area contributed by atoms with Gasteiger partial charge >= 0.3 is 24.3 Å². The van der Waals surface area contributed by atoms with Crippen molar-refractivity contribution in [3.8, 4) is 11.5 Å². The number of nitrogens with one attached hydrogen (secondary N) is 2. The number of carboxylic acids is 1. The molecule has 4 amide bonds. The number of pyridine rings is 2. The van der Waals surface area contributed by atoms with Gasteiger partial charge in [0.05, 0.1) is 63.6 Å². The number of fused-ring (bicyclic) bond motifs is 2. The topological polar surface area (TPSA) is 352 Å². The highest BCUT2D eigenvalue weighted by Gasteiger charge is 2.37. The van der Waals surface area contributed by atoms with Crippen molar-refractivity contribution in [3.63, 3.8) is 0 Å². The molecule has 4 saturated heterocycles. The van der Waals surface area contributed by atoms with E-state index in [9.17, 15) is 80.0 Å². The molecule has 0 bridgehead atoms. The molecule has 4 fully saturated rings. The summed E-state index contributed by atoms with van der Waals surface area (Å²) in [4.78, 5) is 136. The first kappa shape index (κ1) is 76.3. The number of carbonyl (C=O) groups is 6. The standard InChI is InChI=1S/C34H38ClF3N10O6.C32H34ClF3N10O6/c1-3-24-29(44-14-16-45(17-15-44)30(52)28-25(49)6-5-9-39-28)31(53)48-33(41-32(42-48)46-12-10-43(11-13-46)20-27(51)54-4-2)47(24)19-26(50)40-23-8-7-21(18-22(23)35)34(36,37)38;1-2-22-27(42-12-14-43(15-13-42)28(51)26-23(47)4-3-7-37-26)29(52)46-31(39-30(40-46)44-10-8-41(9-11-44)18-25(49)50)45(22)17-24(48)38-21-6-5-19(16-20(21)33)32(34,35)36/h5-9,18,49H,3-4,10-17,19-20H2,1-2H3,(H,40,50);3-7,16,47H,2,8-15,17-18H2,1H3,(H,38,48)(H,49,50). The molecule has 0 unspecified atom stereocenters. The number of esters is 1. The van der Waals surface area contributed by atoms with E-state index in [4.69, 9.17) is 32.9 Å². The minimum atomic E-state index is -4.63. The number of anilines is 6. The largest absolute Gasteiger partial charge is 0.505 e. The smallest absolute Gasteiger partial charge is 0.416 e. The highest BCUT2D eigenvalue weighted by Crippen LogP contribution is 2.36. The average Bonchev–Trinajstić information content (AvgIpc) is 1.54. The Hall–Kier alpha value is -10.9. The van der Waals surface area contributed by atoms with E-state index in [1.807, 2.05) is 9.80 Å². The summed E-state index contributed by atoms with van der Waals surface area (Å²) >= 11 is 12.2. The molecule has 0 atom stereocenters. The maximum atomic E-state index is 14.3. The van der Waals surface area contributed by atoms with Crippen molar-refractivity contribution in [1.29, 1.82) is 0 Å². The number of hydrogen-bond donors (Lipinski definition) is 5. The third-order valence-electron chi connectivity index (χ3n) is 18.1. The van der Waals surface area contributed by atoms with Gasteiger partial charge in [-0.1, -0.05) is 37.0 Å². The van der Waals surface area contributed by atoms with Gasteiger partial charge in [-0.15, -0.1) is 10.2 Å². The monoisotopic (exact) mass is 1520 g/mol. The van der Waals surface area contributed by atoms with Crippen LogP contribution in [0.3, 0.4) is 0 Å². The van der Waals surface area contributed by atoms with Crippen LogP contribution in [0.25, 0.3) is 11.6 Å². The molecule has 12 rings (SSSR count). The SMILES string of the molecule is CCOC(=O)CN1CCN(c2nc3n(CC(=O)Nc4ccc(C(F)(F)F)cc4Cl)c(CC)c(N4CCN(C(=O)c5ncccc5O)CC4)c(=O)n3n2)CC1.CCc1c(N2CCN(C(=O)c3ncccc3O)CC2)c(=O)n2nc(N3CCN(CC(=O)O)CC3)nc2n1CC(=O)Nc1ccc(C(F)(F)F)cc1Cl. The Morgan fingerprint density at radius 3 is 1.24 bits per heavy atom. The van der Waals surface area contributed by atoms with E-state index < -0.39 is 77.3 Å². The van der Waals surface area contributed by atoms with Gasteiger partial charge in [0, 0.05) is 117 Å². The van der Waals surface area contributed by atoms with Gasteiger partial charge in [-0.25, -0.2) is 9.97 Å². The van der Waals surface area contributed by atoms with Crippen LogP contribution in [0.2, 0.25) is 10.0 Å². The number of halogens is 8. The molecular weight excluding hydrogens is 1450 g/mol. The number of benzene rings is 2. The second-order valence-electron chi connectivity index (χ2n) is 24.8. The van der Waals surface area contributed by atoms with Crippen LogP contribution < -0.4 is 41.4 Å². The van der Waals surface area contributed by atoms with Gasteiger partial charge < -0.3 is 69.2 Å². The number of amides is 4. The van der Waals surface area contributed by atoms with E-state index in [0.717, 1.165) is 39.4 Å².